The minimum Gasteiger partial charge on any atom is -0.493 e. The molecule has 0 spiro atoms. The summed E-state index contributed by atoms with van der Waals surface area (Å²) >= 11 is 1.73. The molecular formula is C20H24N2O3S. The fourth-order valence-electron chi connectivity index (χ4n) is 3.18. The maximum Gasteiger partial charge on any atom is 0.323 e. The Labute approximate surface area is 158 Å². The molecule has 1 fully saturated rings. The molecule has 1 heterocycles. The fourth-order valence-corrected chi connectivity index (χ4v) is 4.45. The number of carbonyl (C=O) groups excluding carboxylic acids is 1. The molecule has 2 amide bonds. The van der Waals surface area contributed by atoms with E-state index in [1.807, 2.05) is 49.1 Å². The number of carbonyl (C=O) groups is 1. The van der Waals surface area contributed by atoms with Crippen molar-refractivity contribution in [1.82, 2.24) is 4.90 Å². The molecule has 0 saturated carbocycles. The molecule has 1 unspecified atom stereocenters. The maximum atomic E-state index is 12.9. The van der Waals surface area contributed by atoms with Gasteiger partial charge in [-0.25, -0.2) is 4.79 Å². The molecule has 1 atom stereocenters. The first-order chi connectivity index (χ1) is 12.5. The molecule has 138 valence electrons. The van der Waals surface area contributed by atoms with Gasteiger partial charge in [-0.15, -0.1) is 11.8 Å². The van der Waals surface area contributed by atoms with E-state index in [9.17, 15) is 4.79 Å². The first-order valence-corrected chi connectivity index (χ1v) is 9.57. The summed E-state index contributed by atoms with van der Waals surface area (Å²) in [6.07, 6.45) is 0. The number of hydrogen-bond donors (Lipinski definition) is 1. The lowest BCUT2D eigenvalue weighted by Gasteiger charge is -2.26. The van der Waals surface area contributed by atoms with E-state index in [0.29, 0.717) is 18.0 Å². The molecule has 0 aromatic heterocycles. The van der Waals surface area contributed by atoms with Gasteiger partial charge in [0, 0.05) is 23.5 Å². The molecule has 0 radical (unpaired) electrons. The van der Waals surface area contributed by atoms with Gasteiger partial charge in [-0.3, -0.25) is 0 Å². The van der Waals surface area contributed by atoms with E-state index in [2.05, 4.69) is 11.4 Å². The van der Waals surface area contributed by atoms with E-state index >= 15 is 0 Å². The van der Waals surface area contributed by atoms with Crippen LogP contribution in [-0.2, 0) is 0 Å². The molecule has 2 aromatic rings. The Morgan fingerprint density at radius 1 is 1.19 bits per heavy atom. The molecule has 0 bridgehead atoms. The van der Waals surface area contributed by atoms with E-state index < -0.39 is 0 Å². The van der Waals surface area contributed by atoms with Crippen LogP contribution >= 0.6 is 11.8 Å². The quantitative estimate of drug-likeness (QED) is 0.852. The number of rotatable bonds is 4. The van der Waals surface area contributed by atoms with Crippen molar-refractivity contribution in [2.45, 2.75) is 19.2 Å². The smallest absolute Gasteiger partial charge is 0.323 e. The van der Waals surface area contributed by atoms with Crippen LogP contribution in [0.3, 0.4) is 0 Å². The summed E-state index contributed by atoms with van der Waals surface area (Å²) in [7, 11) is 3.25. The average molecular weight is 372 g/mol. The topological polar surface area (TPSA) is 50.8 Å². The van der Waals surface area contributed by atoms with Gasteiger partial charge in [-0.1, -0.05) is 29.8 Å². The number of anilines is 1. The van der Waals surface area contributed by atoms with Crippen LogP contribution in [0.15, 0.2) is 36.4 Å². The van der Waals surface area contributed by atoms with Crippen molar-refractivity contribution >= 4 is 23.5 Å². The lowest BCUT2D eigenvalue weighted by Crippen LogP contribution is -2.34. The highest BCUT2D eigenvalue weighted by molar-refractivity contribution is 7.99. The molecule has 26 heavy (non-hydrogen) atoms. The van der Waals surface area contributed by atoms with Gasteiger partial charge in [0.15, 0.2) is 11.5 Å². The second-order valence-electron chi connectivity index (χ2n) is 6.25. The number of aryl methyl sites for hydroxylation is 2. The molecular weight excluding hydrogens is 348 g/mol. The largest absolute Gasteiger partial charge is 0.493 e. The Hall–Kier alpha value is -2.34. The SMILES string of the molecule is COc1cccc(C2SCCN2C(=O)Nc2ccc(C)cc2C)c1OC. The van der Waals surface area contributed by atoms with Crippen molar-refractivity contribution in [2.24, 2.45) is 0 Å². The average Bonchev–Trinajstić information content (AvgIpc) is 3.12. The predicted octanol–water partition coefficient (Wildman–Crippen LogP) is 4.60. The molecule has 1 aliphatic rings. The molecule has 6 heteroatoms. The highest BCUT2D eigenvalue weighted by atomic mass is 32.2. The molecule has 5 nitrogen and oxygen atoms in total. The van der Waals surface area contributed by atoms with Crippen LogP contribution in [0.1, 0.15) is 22.1 Å². The highest BCUT2D eigenvalue weighted by Gasteiger charge is 2.33. The summed E-state index contributed by atoms with van der Waals surface area (Å²) < 4.78 is 11.0. The van der Waals surface area contributed by atoms with Crippen LogP contribution < -0.4 is 14.8 Å². The van der Waals surface area contributed by atoms with Crippen molar-refractivity contribution in [3.05, 3.63) is 53.1 Å². The van der Waals surface area contributed by atoms with Gasteiger partial charge in [0.2, 0.25) is 0 Å². The Morgan fingerprint density at radius 3 is 2.69 bits per heavy atom. The number of methoxy groups -OCH3 is 2. The number of ether oxygens (including phenoxy) is 2. The number of benzene rings is 2. The number of para-hydroxylation sites is 1. The van der Waals surface area contributed by atoms with Crippen molar-refractivity contribution in [1.29, 1.82) is 0 Å². The number of amides is 2. The van der Waals surface area contributed by atoms with Crippen LogP contribution in [0.2, 0.25) is 0 Å². The molecule has 1 saturated heterocycles. The zero-order valence-corrected chi connectivity index (χ0v) is 16.4. The van der Waals surface area contributed by atoms with E-state index in [1.54, 1.807) is 26.0 Å². The second-order valence-corrected chi connectivity index (χ2v) is 7.44. The summed E-state index contributed by atoms with van der Waals surface area (Å²) in [4.78, 5) is 14.8. The number of urea groups is 1. The highest BCUT2D eigenvalue weighted by Crippen LogP contribution is 2.45. The molecule has 1 aliphatic heterocycles. The van der Waals surface area contributed by atoms with Gasteiger partial charge in [0.25, 0.3) is 0 Å². The maximum absolute atomic E-state index is 12.9. The van der Waals surface area contributed by atoms with Crippen LogP contribution in [0.4, 0.5) is 10.5 Å². The standard InChI is InChI=1S/C20H24N2O3S/c1-13-8-9-16(14(2)12-13)21-20(23)22-10-11-26-19(22)15-6-5-7-17(24-3)18(15)25-4/h5-9,12,19H,10-11H2,1-4H3,(H,21,23). The second kappa shape index (κ2) is 7.91. The number of nitrogens with zero attached hydrogens (tertiary/aromatic N) is 1. The number of hydrogen-bond acceptors (Lipinski definition) is 4. The van der Waals surface area contributed by atoms with Gasteiger partial charge in [-0.05, 0) is 31.5 Å². The third-order valence-corrected chi connectivity index (χ3v) is 5.72. The number of nitrogens with one attached hydrogen (secondary N) is 1. The van der Waals surface area contributed by atoms with Crippen LogP contribution in [0.5, 0.6) is 11.5 Å². The molecule has 1 N–H and O–H groups in total. The van der Waals surface area contributed by atoms with E-state index in [-0.39, 0.29) is 11.4 Å². The predicted molar refractivity (Wildman–Crippen MR) is 106 cm³/mol. The molecule has 0 aliphatic carbocycles. The summed E-state index contributed by atoms with van der Waals surface area (Å²) in [6, 6.07) is 11.7. The van der Waals surface area contributed by atoms with Crippen molar-refractivity contribution in [2.75, 3.05) is 31.8 Å². The molecule has 2 aromatic carbocycles. The summed E-state index contributed by atoms with van der Waals surface area (Å²) in [5.74, 6) is 2.23. The van der Waals surface area contributed by atoms with E-state index in [4.69, 9.17) is 9.47 Å². The van der Waals surface area contributed by atoms with Gasteiger partial charge in [0.1, 0.15) is 5.37 Å². The van der Waals surface area contributed by atoms with Gasteiger partial charge < -0.3 is 19.7 Å². The zero-order chi connectivity index (χ0) is 18.7. The van der Waals surface area contributed by atoms with Gasteiger partial charge >= 0.3 is 6.03 Å². The third kappa shape index (κ3) is 3.60. The van der Waals surface area contributed by atoms with Crippen molar-refractivity contribution in [3.8, 4) is 11.5 Å². The van der Waals surface area contributed by atoms with E-state index in [1.165, 1.54) is 5.56 Å². The van der Waals surface area contributed by atoms with Crippen molar-refractivity contribution in [3.63, 3.8) is 0 Å². The van der Waals surface area contributed by atoms with Gasteiger partial charge in [0.05, 0.1) is 14.2 Å². The first-order valence-electron chi connectivity index (χ1n) is 8.52. The fraction of sp³-hybridized carbons (Fsp3) is 0.350. The third-order valence-electron chi connectivity index (χ3n) is 4.47. The summed E-state index contributed by atoms with van der Waals surface area (Å²) in [5.41, 5.74) is 4.02. The van der Waals surface area contributed by atoms with E-state index in [0.717, 1.165) is 22.6 Å². The molecule has 3 rings (SSSR count). The summed E-state index contributed by atoms with van der Waals surface area (Å²) in [6.45, 7) is 4.73. The van der Waals surface area contributed by atoms with Crippen LogP contribution in [-0.4, -0.2) is 37.4 Å². The van der Waals surface area contributed by atoms with Crippen molar-refractivity contribution < 1.29 is 14.3 Å². The Balaban J connectivity index is 1.85. The lowest BCUT2D eigenvalue weighted by molar-refractivity contribution is 0.213. The van der Waals surface area contributed by atoms with Gasteiger partial charge in [-0.2, -0.15) is 0 Å². The number of thioether (sulfide) groups is 1. The minimum atomic E-state index is -0.106. The summed E-state index contributed by atoms with van der Waals surface area (Å²) in [5, 5.41) is 2.94. The van der Waals surface area contributed by atoms with Crippen LogP contribution in [0, 0.1) is 13.8 Å². The lowest BCUT2D eigenvalue weighted by atomic mass is 10.1. The first kappa shape index (κ1) is 18.5. The Kier molecular flexibility index (Phi) is 5.61. The van der Waals surface area contributed by atoms with Crippen LogP contribution in [0.25, 0.3) is 0 Å². The normalized spacial score (nSPS) is 16.5. The Bertz CT molecular complexity index is 810. The minimum absolute atomic E-state index is 0.100. The Morgan fingerprint density at radius 2 is 2.00 bits per heavy atom. The monoisotopic (exact) mass is 372 g/mol. The zero-order valence-electron chi connectivity index (χ0n) is 15.5.